The standard InChI is InChI=1S/C9H17NO2.C2H6/c1-2-7-10-9(11)12-8-5-3-4-6-8;1-2/h8H,2-7H2,1H3,(H,10,11);1-2H3. The van der Waals surface area contributed by atoms with E-state index in [0.29, 0.717) is 6.54 Å². The normalized spacial score (nSPS) is 15.6. The van der Waals surface area contributed by atoms with E-state index in [0.717, 1.165) is 19.3 Å². The molecule has 0 aromatic carbocycles. The molecule has 0 aromatic heterocycles. The SMILES string of the molecule is CC.CCCNC(=O)OC1CCCC1. The van der Waals surface area contributed by atoms with E-state index >= 15 is 0 Å². The van der Waals surface area contributed by atoms with Crippen molar-refractivity contribution in [1.82, 2.24) is 5.32 Å². The zero-order valence-corrected chi connectivity index (χ0v) is 9.64. The van der Waals surface area contributed by atoms with Gasteiger partial charge in [-0.15, -0.1) is 0 Å². The van der Waals surface area contributed by atoms with E-state index in [-0.39, 0.29) is 12.2 Å². The molecule has 0 unspecified atom stereocenters. The van der Waals surface area contributed by atoms with Crippen molar-refractivity contribution in [2.45, 2.75) is 59.0 Å². The molecule has 84 valence electrons. The third-order valence-corrected chi connectivity index (χ3v) is 2.10. The number of nitrogens with one attached hydrogen (secondary N) is 1. The lowest BCUT2D eigenvalue weighted by Crippen LogP contribution is -2.28. The van der Waals surface area contributed by atoms with Gasteiger partial charge in [0.25, 0.3) is 0 Å². The summed E-state index contributed by atoms with van der Waals surface area (Å²) in [5.41, 5.74) is 0. The number of hydrogen-bond acceptors (Lipinski definition) is 2. The Morgan fingerprint density at radius 2 is 1.93 bits per heavy atom. The van der Waals surface area contributed by atoms with Gasteiger partial charge in [-0.1, -0.05) is 20.8 Å². The zero-order valence-electron chi connectivity index (χ0n) is 9.64. The van der Waals surface area contributed by atoms with Crippen molar-refractivity contribution >= 4 is 6.09 Å². The fraction of sp³-hybridized carbons (Fsp3) is 0.909. The molecule has 14 heavy (non-hydrogen) atoms. The van der Waals surface area contributed by atoms with E-state index < -0.39 is 0 Å². The summed E-state index contributed by atoms with van der Waals surface area (Å²) in [7, 11) is 0. The van der Waals surface area contributed by atoms with Gasteiger partial charge in [-0.3, -0.25) is 0 Å². The van der Waals surface area contributed by atoms with Crippen LogP contribution in [0.15, 0.2) is 0 Å². The molecule has 1 saturated carbocycles. The Labute approximate surface area is 87.2 Å². The van der Waals surface area contributed by atoms with Crippen molar-refractivity contribution in [3.8, 4) is 0 Å². The van der Waals surface area contributed by atoms with E-state index in [9.17, 15) is 4.79 Å². The van der Waals surface area contributed by atoms with Gasteiger partial charge >= 0.3 is 6.09 Å². The average Bonchev–Trinajstić information content (AvgIpc) is 2.70. The van der Waals surface area contributed by atoms with Crippen LogP contribution in [-0.4, -0.2) is 18.7 Å². The summed E-state index contributed by atoms with van der Waals surface area (Å²) < 4.78 is 5.16. The Bertz CT molecular complexity index is 142. The molecule has 0 bridgehead atoms. The maximum Gasteiger partial charge on any atom is 0.407 e. The predicted molar refractivity (Wildman–Crippen MR) is 58.4 cm³/mol. The van der Waals surface area contributed by atoms with Crippen LogP contribution in [0.1, 0.15) is 52.9 Å². The van der Waals surface area contributed by atoms with Crippen LogP contribution in [0, 0.1) is 0 Å². The lowest BCUT2D eigenvalue weighted by Gasteiger charge is -2.11. The molecule has 0 heterocycles. The Kier molecular flexibility index (Phi) is 8.39. The van der Waals surface area contributed by atoms with Crippen LogP contribution in [0.25, 0.3) is 0 Å². The summed E-state index contributed by atoms with van der Waals surface area (Å²) in [5, 5.41) is 2.70. The number of ether oxygens (including phenoxy) is 1. The van der Waals surface area contributed by atoms with E-state index in [1.807, 2.05) is 20.8 Å². The molecule has 3 heteroatoms. The third kappa shape index (κ3) is 5.84. The minimum Gasteiger partial charge on any atom is -0.446 e. The summed E-state index contributed by atoms with van der Waals surface area (Å²) in [6.45, 7) is 6.74. The number of carbonyl (C=O) groups is 1. The number of rotatable bonds is 3. The largest absolute Gasteiger partial charge is 0.446 e. The van der Waals surface area contributed by atoms with Crippen LogP contribution in [0.3, 0.4) is 0 Å². The monoisotopic (exact) mass is 201 g/mol. The smallest absolute Gasteiger partial charge is 0.407 e. The van der Waals surface area contributed by atoms with Crippen LogP contribution in [-0.2, 0) is 4.74 Å². The highest BCUT2D eigenvalue weighted by atomic mass is 16.6. The minimum atomic E-state index is -0.247. The van der Waals surface area contributed by atoms with Gasteiger partial charge in [0.1, 0.15) is 6.10 Å². The first-order valence-electron chi connectivity index (χ1n) is 5.77. The molecule has 1 aliphatic rings. The second-order valence-electron chi connectivity index (χ2n) is 3.24. The van der Waals surface area contributed by atoms with Crippen molar-refractivity contribution in [3.63, 3.8) is 0 Å². The molecular weight excluding hydrogens is 178 g/mol. The first-order valence-corrected chi connectivity index (χ1v) is 5.77. The van der Waals surface area contributed by atoms with Gasteiger partial charge in [0.2, 0.25) is 0 Å². The second-order valence-corrected chi connectivity index (χ2v) is 3.24. The van der Waals surface area contributed by atoms with Gasteiger partial charge in [-0.25, -0.2) is 4.79 Å². The predicted octanol–water partition coefficient (Wildman–Crippen LogP) is 3.09. The highest BCUT2D eigenvalue weighted by molar-refractivity contribution is 5.67. The topological polar surface area (TPSA) is 38.3 Å². The highest BCUT2D eigenvalue weighted by Crippen LogP contribution is 2.20. The summed E-state index contributed by atoms with van der Waals surface area (Å²) in [5.74, 6) is 0. The van der Waals surface area contributed by atoms with E-state index in [4.69, 9.17) is 4.74 Å². The molecule has 0 aromatic rings. The number of carbonyl (C=O) groups excluding carboxylic acids is 1. The van der Waals surface area contributed by atoms with Gasteiger partial charge in [-0.05, 0) is 32.1 Å². The van der Waals surface area contributed by atoms with E-state index in [1.165, 1.54) is 12.8 Å². The van der Waals surface area contributed by atoms with Crippen LogP contribution in [0.2, 0.25) is 0 Å². The van der Waals surface area contributed by atoms with Crippen molar-refractivity contribution < 1.29 is 9.53 Å². The number of alkyl carbamates (subject to hydrolysis) is 1. The van der Waals surface area contributed by atoms with Gasteiger partial charge in [0, 0.05) is 6.54 Å². The summed E-state index contributed by atoms with van der Waals surface area (Å²) in [4.78, 5) is 11.0. The molecule has 1 aliphatic carbocycles. The van der Waals surface area contributed by atoms with Crippen molar-refractivity contribution in [1.29, 1.82) is 0 Å². The first kappa shape index (κ1) is 13.3. The Hall–Kier alpha value is -0.730. The van der Waals surface area contributed by atoms with E-state index in [2.05, 4.69) is 5.32 Å². The van der Waals surface area contributed by atoms with Gasteiger partial charge in [0.15, 0.2) is 0 Å². The van der Waals surface area contributed by atoms with E-state index in [1.54, 1.807) is 0 Å². The molecule has 0 saturated heterocycles. The van der Waals surface area contributed by atoms with Crippen LogP contribution < -0.4 is 5.32 Å². The van der Waals surface area contributed by atoms with Crippen LogP contribution >= 0.6 is 0 Å². The Balaban J connectivity index is 0.000000791. The summed E-state index contributed by atoms with van der Waals surface area (Å²) in [6.07, 6.45) is 5.38. The van der Waals surface area contributed by atoms with Crippen LogP contribution in [0.4, 0.5) is 4.79 Å². The number of hydrogen-bond donors (Lipinski definition) is 1. The number of amides is 1. The molecule has 1 fully saturated rings. The maximum atomic E-state index is 11.0. The zero-order chi connectivity index (χ0) is 10.8. The van der Waals surface area contributed by atoms with Gasteiger partial charge in [0.05, 0.1) is 0 Å². The average molecular weight is 201 g/mol. The fourth-order valence-electron chi connectivity index (χ4n) is 1.43. The Morgan fingerprint density at radius 1 is 1.36 bits per heavy atom. The summed E-state index contributed by atoms with van der Waals surface area (Å²) in [6, 6.07) is 0. The van der Waals surface area contributed by atoms with Crippen molar-refractivity contribution in [2.75, 3.05) is 6.54 Å². The molecule has 1 N–H and O–H groups in total. The molecule has 0 atom stereocenters. The van der Waals surface area contributed by atoms with Gasteiger partial charge in [-0.2, -0.15) is 0 Å². The molecule has 0 radical (unpaired) electrons. The highest BCUT2D eigenvalue weighted by Gasteiger charge is 2.18. The van der Waals surface area contributed by atoms with Crippen molar-refractivity contribution in [2.24, 2.45) is 0 Å². The van der Waals surface area contributed by atoms with Crippen LogP contribution in [0.5, 0.6) is 0 Å². The lowest BCUT2D eigenvalue weighted by atomic mass is 10.3. The summed E-state index contributed by atoms with van der Waals surface area (Å²) >= 11 is 0. The Morgan fingerprint density at radius 3 is 2.43 bits per heavy atom. The lowest BCUT2D eigenvalue weighted by molar-refractivity contribution is 0.101. The molecule has 1 rings (SSSR count). The fourth-order valence-corrected chi connectivity index (χ4v) is 1.43. The van der Waals surface area contributed by atoms with Gasteiger partial charge < -0.3 is 10.1 Å². The third-order valence-electron chi connectivity index (χ3n) is 2.10. The first-order chi connectivity index (χ1) is 6.83. The maximum absolute atomic E-state index is 11.0. The molecule has 0 spiro atoms. The minimum absolute atomic E-state index is 0.182. The molecular formula is C11H23NO2. The van der Waals surface area contributed by atoms with Crippen molar-refractivity contribution in [3.05, 3.63) is 0 Å². The molecule has 3 nitrogen and oxygen atoms in total. The second kappa shape index (κ2) is 8.85. The molecule has 0 aliphatic heterocycles. The molecule has 1 amide bonds. The quantitative estimate of drug-likeness (QED) is 0.762.